The van der Waals surface area contributed by atoms with Gasteiger partial charge in [-0.25, -0.2) is 0 Å². The van der Waals surface area contributed by atoms with Gasteiger partial charge >= 0.3 is 0 Å². The summed E-state index contributed by atoms with van der Waals surface area (Å²) in [6.45, 7) is 3.32. The van der Waals surface area contributed by atoms with Gasteiger partial charge in [0.1, 0.15) is 0 Å². The Morgan fingerprint density at radius 1 is 1.47 bits per heavy atom. The van der Waals surface area contributed by atoms with Gasteiger partial charge in [-0.3, -0.25) is 9.88 Å². The normalized spacial score (nSPS) is 18.3. The van der Waals surface area contributed by atoms with E-state index < -0.39 is 0 Å². The summed E-state index contributed by atoms with van der Waals surface area (Å²) in [4.78, 5) is 6.59. The molecule has 1 aromatic heterocycles. The Bertz CT molecular complexity index is 280. The molecule has 15 heavy (non-hydrogen) atoms. The minimum absolute atomic E-state index is 0.728. The van der Waals surface area contributed by atoms with Gasteiger partial charge < -0.3 is 5.32 Å². The molecule has 2 rings (SSSR count). The average molecular weight is 205 g/mol. The van der Waals surface area contributed by atoms with Gasteiger partial charge in [0.2, 0.25) is 0 Å². The van der Waals surface area contributed by atoms with E-state index in [1.54, 1.807) is 0 Å². The number of hydrogen-bond donors (Lipinski definition) is 1. The van der Waals surface area contributed by atoms with E-state index in [0.29, 0.717) is 0 Å². The van der Waals surface area contributed by atoms with E-state index in [-0.39, 0.29) is 0 Å². The predicted octanol–water partition coefficient (Wildman–Crippen LogP) is 1.27. The van der Waals surface area contributed by atoms with Gasteiger partial charge in [0.05, 0.1) is 0 Å². The summed E-state index contributed by atoms with van der Waals surface area (Å²) < 4.78 is 0. The fourth-order valence-corrected chi connectivity index (χ4v) is 2.16. The van der Waals surface area contributed by atoms with Crippen molar-refractivity contribution in [3.63, 3.8) is 0 Å². The minimum Gasteiger partial charge on any atom is -0.317 e. The van der Waals surface area contributed by atoms with E-state index in [1.165, 1.54) is 18.4 Å². The van der Waals surface area contributed by atoms with Gasteiger partial charge in [0, 0.05) is 25.0 Å². The fourth-order valence-electron chi connectivity index (χ4n) is 2.16. The maximum absolute atomic E-state index is 4.14. The van der Waals surface area contributed by atoms with Gasteiger partial charge in [-0.1, -0.05) is 6.07 Å². The number of nitrogens with zero attached hydrogens (tertiary/aromatic N) is 2. The summed E-state index contributed by atoms with van der Waals surface area (Å²) in [7, 11) is 2.21. The molecule has 0 unspecified atom stereocenters. The van der Waals surface area contributed by atoms with Crippen LogP contribution in [0.1, 0.15) is 18.4 Å². The first kappa shape index (κ1) is 10.6. The maximum Gasteiger partial charge on any atom is 0.0312 e. The van der Waals surface area contributed by atoms with Crippen LogP contribution in [0, 0.1) is 0 Å². The van der Waals surface area contributed by atoms with Crippen LogP contribution >= 0.6 is 0 Å². The second-order valence-electron chi connectivity index (χ2n) is 4.26. The zero-order valence-electron chi connectivity index (χ0n) is 9.32. The number of nitrogens with one attached hydrogen (secondary N) is 1. The molecule has 82 valence electrons. The highest BCUT2D eigenvalue weighted by Crippen LogP contribution is 2.12. The lowest BCUT2D eigenvalue weighted by molar-refractivity contribution is 0.191. The van der Waals surface area contributed by atoms with E-state index >= 15 is 0 Å². The molecule has 1 aliphatic rings. The maximum atomic E-state index is 4.14. The summed E-state index contributed by atoms with van der Waals surface area (Å²) in [5, 5.41) is 3.39. The molecule has 1 aliphatic heterocycles. The molecule has 0 atom stereocenters. The molecular weight excluding hydrogens is 186 g/mol. The second kappa shape index (κ2) is 5.24. The number of pyridine rings is 1. The van der Waals surface area contributed by atoms with Crippen molar-refractivity contribution in [1.82, 2.24) is 15.2 Å². The van der Waals surface area contributed by atoms with E-state index in [9.17, 15) is 0 Å². The Morgan fingerprint density at radius 2 is 2.27 bits per heavy atom. The molecule has 1 N–H and O–H groups in total. The molecule has 1 saturated heterocycles. The highest BCUT2D eigenvalue weighted by atomic mass is 15.1. The molecule has 1 aromatic rings. The smallest absolute Gasteiger partial charge is 0.0312 e. The third kappa shape index (κ3) is 3.01. The molecule has 2 heterocycles. The zero-order chi connectivity index (χ0) is 10.5. The highest BCUT2D eigenvalue weighted by Gasteiger charge is 2.17. The monoisotopic (exact) mass is 205 g/mol. The Hall–Kier alpha value is -0.930. The van der Waals surface area contributed by atoms with Gasteiger partial charge in [-0.15, -0.1) is 0 Å². The van der Waals surface area contributed by atoms with Crippen LogP contribution in [0.3, 0.4) is 0 Å². The molecule has 0 bridgehead atoms. The first-order valence-electron chi connectivity index (χ1n) is 5.66. The second-order valence-corrected chi connectivity index (χ2v) is 4.26. The summed E-state index contributed by atoms with van der Waals surface area (Å²) in [6, 6.07) is 4.88. The Labute approximate surface area is 91.5 Å². The predicted molar refractivity (Wildman–Crippen MR) is 61.6 cm³/mol. The third-order valence-corrected chi connectivity index (χ3v) is 3.09. The topological polar surface area (TPSA) is 28.2 Å². The first-order chi connectivity index (χ1) is 7.36. The van der Waals surface area contributed by atoms with Crippen molar-refractivity contribution in [3.8, 4) is 0 Å². The highest BCUT2D eigenvalue weighted by molar-refractivity contribution is 5.08. The molecule has 0 amide bonds. The van der Waals surface area contributed by atoms with Gasteiger partial charge in [-0.05, 0) is 44.6 Å². The van der Waals surface area contributed by atoms with Crippen LogP contribution in [0.15, 0.2) is 24.5 Å². The number of hydrogen-bond acceptors (Lipinski definition) is 3. The van der Waals surface area contributed by atoms with Gasteiger partial charge in [-0.2, -0.15) is 0 Å². The minimum atomic E-state index is 0.728. The Kier molecular flexibility index (Phi) is 3.69. The van der Waals surface area contributed by atoms with Crippen molar-refractivity contribution in [3.05, 3.63) is 30.1 Å². The van der Waals surface area contributed by atoms with Crippen LogP contribution in [0.4, 0.5) is 0 Å². The SMILES string of the molecule is CN(Cc1cccnc1)C1CCNCC1. The van der Waals surface area contributed by atoms with Crippen molar-refractivity contribution < 1.29 is 0 Å². The van der Waals surface area contributed by atoms with Crippen molar-refractivity contribution in [1.29, 1.82) is 0 Å². The summed E-state index contributed by atoms with van der Waals surface area (Å²) in [6.07, 6.45) is 6.30. The van der Waals surface area contributed by atoms with Crippen molar-refractivity contribution in [2.24, 2.45) is 0 Å². The average Bonchev–Trinajstić information content (AvgIpc) is 2.31. The van der Waals surface area contributed by atoms with E-state index in [1.807, 2.05) is 18.5 Å². The van der Waals surface area contributed by atoms with Crippen LogP contribution in [0.2, 0.25) is 0 Å². The molecule has 0 radical (unpaired) electrons. The van der Waals surface area contributed by atoms with Crippen LogP contribution in [-0.4, -0.2) is 36.1 Å². The van der Waals surface area contributed by atoms with Crippen molar-refractivity contribution in [2.45, 2.75) is 25.4 Å². The molecule has 0 saturated carbocycles. The van der Waals surface area contributed by atoms with Gasteiger partial charge in [0.15, 0.2) is 0 Å². The van der Waals surface area contributed by atoms with Crippen molar-refractivity contribution >= 4 is 0 Å². The molecular formula is C12H19N3. The van der Waals surface area contributed by atoms with Crippen LogP contribution in [-0.2, 0) is 6.54 Å². The van der Waals surface area contributed by atoms with E-state index in [4.69, 9.17) is 0 Å². The quantitative estimate of drug-likeness (QED) is 0.805. The molecule has 3 heteroatoms. The fraction of sp³-hybridized carbons (Fsp3) is 0.583. The largest absolute Gasteiger partial charge is 0.317 e. The summed E-state index contributed by atoms with van der Waals surface area (Å²) >= 11 is 0. The Balaban J connectivity index is 1.88. The third-order valence-electron chi connectivity index (χ3n) is 3.09. The molecule has 1 fully saturated rings. The van der Waals surface area contributed by atoms with E-state index in [0.717, 1.165) is 25.7 Å². The lowest BCUT2D eigenvalue weighted by Gasteiger charge is -2.31. The lowest BCUT2D eigenvalue weighted by Crippen LogP contribution is -2.40. The lowest BCUT2D eigenvalue weighted by atomic mass is 10.0. The Morgan fingerprint density at radius 3 is 2.93 bits per heavy atom. The number of piperidine rings is 1. The van der Waals surface area contributed by atoms with Gasteiger partial charge in [0.25, 0.3) is 0 Å². The standard InChI is InChI=1S/C12H19N3/c1-15(12-4-7-13-8-5-12)10-11-3-2-6-14-9-11/h2-3,6,9,12-13H,4-5,7-8,10H2,1H3. The zero-order valence-corrected chi connectivity index (χ0v) is 9.32. The summed E-state index contributed by atoms with van der Waals surface area (Å²) in [5.41, 5.74) is 1.30. The molecule has 0 spiro atoms. The van der Waals surface area contributed by atoms with Crippen LogP contribution < -0.4 is 5.32 Å². The molecule has 3 nitrogen and oxygen atoms in total. The van der Waals surface area contributed by atoms with Crippen molar-refractivity contribution in [2.75, 3.05) is 20.1 Å². The first-order valence-corrected chi connectivity index (χ1v) is 5.66. The van der Waals surface area contributed by atoms with Crippen LogP contribution in [0.25, 0.3) is 0 Å². The number of aromatic nitrogens is 1. The van der Waals surface area contributed by atoms with E-state index in [2.05, 4.69) is 28.3 Å². The number of rotatable bonds is 3. The van der Waals surface area contributed by atoms with Crippen LogP contribution in [0.5, 0.6) is 0 Å². The summed E-state index contributed by atoms with van der Waals surface area (Å²) in [5.74, 6) is 0. The molecule has 0 aliphatic carbocycles. The molecule has 0 aromatic carbocycles.